The number of amides is 1. The van der Waals surface area contributed by atoms with Crippen molar-refractivity contribution in [2.75, 3.05) is 13.1 Å². The first-order valence-corrected chi connectivity index (χ1v) is 6.86. The van der Waals surface area contributed by atoms with Crippen molar-refractivity contribution in [3.8, 4) is 0 Å². The van der Waals surface area contributed by atoms with Crippen molar-refractivity contribution >= 4 is 5.91 Å². The maximum Gasteiger partial charge on any atom is 0.240 e. The molecule has 2 rings (SSSR count). The third-order valence-corrected chi connectivity index (χ3v) is 3.90. The molecule has 0 aromatic carbocycles. The van der Waals surface area contributed by atoms with Crippen molar-refractivity contribution in [3.05, 3.63) is 0 Å². The molecular weight excluding hydrogens is 200 g/mol. The Morgan fingerprint density at radius 3 is 2.69 bits per heavy atom. The van der Waals surface area contributed by atoms with Crippen molar-refractivity contribution < 1.29 is 4.79 Å². The quantitative estimate of drug-likeness (QED) is 0.791. The van der Waals surface area contributed by atoms with E-state index in [9.17, 15) is 4.79 Å². The Labute approximate surface area is 98.6 Å². The lowest BCUT2D eigenvalue weighted by atomic mass is 9.94. The third-order valence-electron chi connectivity index (χ3n) is 3.90. The summed E-state index contributed by atoms with van der Waals surface area (Å²) in [5.74, 6) is 0.361. The lowest BCUT2D eigenvalue weighted by molar-refractivity contribution is -0.131. The van der Waals surface area contributed by atoms with E-state index in [-0.39, 0.29) is 6.04 Å². The van der Waals surface area contributed by atoms with E-state index >= 15 is 0 Å². The van der Waals surface area contributed by atoms with Gasteiger partial charge in [0, 0.05) is 12.6 Å². The van der Waals surface area contributed by atoms with E-state index in [0.29, 0.717) is 11.9 Å². The Bertz CT molecular complexity index is 236. The Kier molecular flexibility index (Phi) is 4.22. The molecule has 1 unspecified atom stereocenters. The van der Waals surface area contributed by atoms with Crippen molar-refractivity contribution in [1.82, 2.24) is 10.2 Å². The number of hydrogen-bond donors (Lipinski definition) is 1. The number of carbonyl (C=O) groups is 1. The summed E-state index contributed by atoms with van der Waals surface area (Å²) in [7, 11) is 0. The highest BCUT2D eigenvalue weighted by molar-refractivity contribution is 5.84. The largest absolute Gasteiger partial charge is 0.338 e. The maximum atomic E-state index is 12.2. The van der Waals surface area contributed by atoms with Crippen LogP contribution in [0.3, 0.4) is 0 Å². The Balaban J connectivity index is 1.85. The summed E-state index contributed by atoms with van der Waals surface area (Å²) in [5, 5.41) is 3.36. The van der Waals surface area contributed by atoms with E-state index in [1.165, 1.54) is 32.1 Å². The van der Waals surface area contributed by atoms with Gasteiger partial charge in [0.15, 0.2) is 0 Å². The molecule has 16 heavy (non-hydrogen) atoms. The van der Waals surface area contributed by atoms with Gasteiger partial charge in [-0.3, -0.25) is 4.79 Å². The molecule has 3 nitrogen and oxygen atoms in total. The van der Waals surface area contributed by atoms with Gasteiger partial charge in [-0.25, -0.2) is 0 Å². The number of hydrogen-bond acceptors (Lipinski definition) is 2. The highest BCUT2D eigenvalue weighted by atomic mass is 16.2. The molecule has 1 saturated heterocycles. The molecule has 1 N–H and O–H groups in total. The number of rotatable bonds is 4. The summed E-state index contributed by atoms with van der Waals surface area (Å²) in [5.41, 5.74) is 0. The van der Waals surface area contributed by atoms with Crippen LogP contribution >= 0.6 is 0 Å². The zero-order chi connectivity index (χ0) is 11.4. The SMILES string of the molecule is CCCNC1CCN(C2CCCCC2)C1=O. The van der Waals surface area contributed by atoms with Gasteiger partial charge in [-0.05, 0) is 32.2 Å². The minimum absolute atomic E-state index is 0.113. The van der Waals surface area contributed by atoms with Crippen LogP contribution in [0.4, 0.5) is 0 Å². The van der Waals surface area contributed by atoms with Crippen molar-refractivity contribution in [1.29, 1.82) is 0 Å². The predicted octanol–water partition coefficient (Wildman–Crippen LogP) is 1.92. The Hall–Kier alpha value is -0.570. The highest BCUT2D eigenvalue weighted by Gasteiger charge is 2.35. The molecule has 1 atom stereocenters. The molecule has 1 heterocycles. The first-order valence-electron chi connectivity index (χ1n) is 6.86. The van der Waals surface area contributed by atoms with Crippen molar-refractivity contribution in [2.45, 2.75) is 64.0 Å². The second-order valence-corrected chi connectivity index (χ2v) is 5.12. The summed E-state index contributed by atoms with van der Waals surface area (Å²) in [6, 6.07) is 0.663. The van der Waals surface area contributed by atoms with Crippen LogP contribution in [-0.2, 0) is 4.79 Å². The average Bonchev–Trinajstić information content (AvgIpc) is 2.69. The van der Waals surface area contributed by atoms with E-state index < -0.39 is 0 Å². The number of nitrogens with one attached hydrogen (secondary N) is 1. The molecule has 3 heteroatoms. The smallest absolute Gasteiger partial charge is 0.240 e. The van der Waals surface area contributed by atoms with E-state index in [1.807, 2.05) is 0 Å². The lowest BCUT2D eigenvalue weighted by Gasteiger charge is -2.31. The summed E-state index contributed by atoms with van der Waals surface area (Å²) in [6.07, 6.45) is 8.54. The number of carbonyl (C=O) groups excluding carboxylic acids is 1. The third kappa shape index (κ3) is 2.57. The van der Waals surface area contributed by atoms with E-state index in [2.05, 4.69) is 17.1 Å². The minimum Gasteiger partial charge on any atom is -0.338 e. The zero-order valence-electron chi connectivity index (χ0n) is 10.4. The van der Waals surface area contributed by atoms with E-state index in [1.54, 1.807) is 0 Å². The van der Waals surface area contributed by atoms with E-state index in [4.69, 9.17) is 0 Å². The molecule has 1 aliphatic carbocycles. The van der Waals surface area contributed by atoms with Gasteiger partial charge < -0.3 is 10.2 Å². The molecule has 1 saturated carbocycles. The highest BCUT2D eigenvalue weighted by Crippen LogP contribution is 2.26. The molecular formula is C13H24N2O. The van der Waals surface area contributed by atoms with Gasteiger partial charge in [-0.1, -0.05) is 26.2 Å². The lowest BCUT2D eigenvalue weighted by Crippen LogP contribution is -2.43. The molecule has 92 valence electrons. The molecule has 0 spiro atoms. The minimum atomic E-state index is 0.113. The molecule has 2 fully saturated rings. The van der Waals surface area contributed by atoms with Gasteiger partial charge >= 0.3 is 0 Å². The molecule has 0 radical (unpaired) electrons. The second kappa shape index (κ2) is 5.67. The average molecular weight is 224 g/mol. The fraction of sp³-hybridized carbons (Fsp3) is 0.923. The fourth-order valence-electron chi connectivity index (χ4n) is 2.97. The van der Waals surface area contributed by atoms with Gasteiger partial charge in [0.2, 0.25) is 5.91 Å². The number of nitrogens with zero attached hydrogens (tertiary/aromatic N) is 1. The normalized spacial score (nSPS) is 27.7. The van der Waals surface area contributed by atoms with Crippen LogP contribution in [0.1, 0.15) is 51.9 Å². The first-order chi connectivity index (χ1) is 7.83. The predicted molar refractivity (Wildman–Crippen MR) is 65.3 cm³/mol. The summed E-state index contributed by atoms with van der Waals surface area (Å²) < 4.78 is 0. The topological polar surface area (TPSA) is 32.3 Å². The van der Waals surface area contributed by atoms with Crippen molar-refractivity contribution in [3.63, 3.8) is 0 Å². The van der Waals surface area contributed by atoms with Gasteiger partial charge in [0.05, 0.1) is 6.04 Å². The summed E-state index contributed by atoms with van der Waals surface area (Å²) in [4.78, 5) is 14.3. The summed E-state index contributed by atoms with van der Waals surface area (Å²) >= 11 is 0. The van der Waals surface area contributed by atoms with Gasteiger partial charge in [-0.15, -0.1) is 0 Å². The van der Waals surface area contributed by atoms with Gasteiger partial charge in [0.1, 0.15) is 0 Å². The standard InChI is InChI=1S/C13H24N2O/c1-2-9-14-12-8-10-15(13(12)16)11-6-4-3-5-7-11/h11-12,14H,2-10H2,1H3. The number of likely N-dealkylation sites (tertiary alicyclic amines) is 1. The zero-order valence-corrected chi connectivity index (χ0v) is 10.4. The monoisotopic (exact) mass is 224 g/mol. The Morgan fingerprint density at radius 1 is 1.25 bits per heavy atom. The first kappa shape index (κ1) is 11.9. The van der Waals surface area contributed by atoms with Crippen LogP contribution < -0.4 is 5.32 Å². The van der Waals surface area contributed by atoms with Crippen LogP contribution in [0.15, 0.2) is 0 Å². The van der Waals surface area contributed by atoms with Crippen LogP contribution in [-0.4, -0.2) is 36.0 Å². The van der Waals surface area contributed by atoms with Crippen LogP contribution in [0.2, 0.25) is 0 Å². The van der Waals surface area contributed by atoms with Gasteiger partial charge in [-0.2, -0.15) is 0 Å². The molecule has 0 aromatic heterocycles. The molecule has 1 amide bonds. The van der Waals surface area contributed by atoms with Crippen LogP contribution in [0, 0.1) is 0 Å². The van der Waals surface area contributed by atoms with Crippen LogP contribution in [0.5, 0.6) is 0 Å². The Morgan fingerprint density at radius 2 is 2.00 bits per heavy atom. The van der Waals surface area contributed by atoms with Crippen molar-refractivity contribution in [2.24, 2.45) is 0 Å². The molecule has 0 bridgehead atoms. The molecule has 1 aliphatic heterocycles. The molecule has 2 aliphatic rings. The fourth-order valence-corrected chi connectivity index (χ4v) is 2.97. The second-order valence-electron chi connectivity index (χ2n) is 5.12. The van der Waals surface area contributed by atoms with Crippen LogP contribution in [0.25, 0.3) is 0 Å². The molecule has 0 aromatic rings. The summed E-state index contributed by atoms with van der Waals surface area (Å²) in [6.45, 7) is 4.09. The maximum absolute atomic E-state index is 12.2. The van der Waals surface area contributed by atoms with Gasteiger partial charge in [0.25, 0.3) is 0 Å². The van der Waals surface area contributed by atoms with E-state index in [0.717, 1.165) is 25.9 Å².